The average molecular weight is 296 g/mol. The topological polar surface area (TPSA) is 32.9 Å². The molecule has 0 aliphatic heterocycles. The summed E-state index contributed by atoms with van der Waals surface area (Å²) < 4.78 is 65.8. The third kappa shape index (κ3) is 1.99. The molecule has 2 rings (SSSR count). The SMILES string of the molecule is O=c1c(Cl)c[nH]cc1-c1c(F)c(F)c(F)c(F)c1F. The van der Waals surface area contributed by atoms with Crippen LogP contribution < -0.4 is 5.43 Å². The first-order valence-electron chi connectivity index (χ1n) is 4.74. The molecule has 0 atom stereocenters. The number of aromatic amines is 1. The van der Waals surface area contributed by atoms with E-state index in [0.717, 1.165) is 12.4 Å². The van der Waals surface area contributed by atoms with Crippen LogP contribution in [0.4, 0.5) is 22.0 Å². The molecule has 0 saturated carbocycles. The molecule has 2 nitrogen and oxygen atoms in total. The highest BCUT2D eigenvalue weighted by Gasteiger charge is 2.28. The summed E-state index contributed by atoms with van der Waals surface area (Å²) in [6.07, 6.45) is 1.81. The molecule has 2 aromatic rings. The molecule has 1 N–H and O–H groups in total. The lowest BCUT2D eigenvalue weighted by Crippen LogP contribution is -2.11. The van der Waals surface area contributed by atoms with Crippen LogP contribution in [0.5, 0.6) is 0 Å². The Morgan fingerprint density at radius 3 is 1.84 bits per heavy atom. The summed E-state index contributed by atoms with van der Waals surface area (Å²) in [5, 5.41) is -0.443. The van der Waals surface area contributed by atoms with Crippen LogP contribution in [-0.2, 0) is 0 Å². The van der Waals surface area contributed by atoms with Crippen molar-refractivity contribution in [3.8, 4) is 11.1 Å². The van der Waals surface area contributed by atoms with Gasteiger partial charge in [-0.05, 0) is 0 Å². The Kier molecular flexibility index (Phi) is 3.32. The normalized spacial score (nSPS) is 10.8. The van der Waals surface area contributed by atoms with E-state index in [9.17, 15) is 26.7 Å². The highest BCUT2D eigenvalue weighted by molar-refractivity contribution is 6.30. The molecule has 1 aromatic heterocycles. The first kappa shape index (κ1) is 13.5. The Morgan fingerprint density at radius 2 is 1.32 bits per heavy atom. The number of rotatable bonds is 1. The second-order valence-corrected chi connectivity index (χ2v) is 3.90. The summed E-state index contributed by atoms with van der Waals surface area (Å²) >= 11 is 5.43. The zero-order valence-corrected chi connectivity index (χ0v) is 9.59. The molecule has 0 fully saturated rings. The fourth-order valence-electron chi connectivity index (χ4n) is 1.48. The second-order valence-electron chi connectivity index (χ2n) is 3.49. The lowest BCUT2D eigenvalue weighted by atomic mass is 10.0. The Balaban J connectivity index is 2.91. The van der Waals surface area contributed by atoms with Crippen LogP contribution in [0, 0.1) is 29.1 Å². The van der Waals surface area contributed by atoms with Crippen LogP contribution in [0.1, 0.15) is 0 Å². The first-order chi connectivity index (χ1) is 8.86. The van der Waals surface area contributed by atoms with E-state index in [1.54, 1.807) is 0 Å². The van der Waals surface area contributed by atoms with Gasteiger partial charge in [-0.25, -0.2) is 22.0 Å². The van der Waals surface area contributed by atoms with Crippen molar-refractivity contribution in [2.24, 2.45) is 0 Å². The molecule has 0 amide bonds. The monoisotopic (exact) mass is 295 g/mol. The van der Waals surface area contributed by atoms with E-state index in [1.807, 2.05) is 0 Å². The predicted molar refractivity (Wildman–Crippen MR) is 57.3 cm³/mol. The van der Waals surface area contributed by atoms with Gasteiger partial charge in [-0.2, -0.15) is 0 Å². The van der Waals surface area contributed by atoms with Gasteiger partial charge in [0.25, 0.3) is 0 Å². The number of benzene rings is 1. The summed E-state index contributed by atoms with van der Waals surface area (Å²) in [5.41, 5.74) is -3.12. The van der Waals surface area contributed by atoms with Gasteiger partial charge in [0, 0.05) is 12.4 Å². The molecule has 1 aromatic carbocycles. The van der Waals surface area contributed by atoms with Gasteiger partial charge in [-0.3, -0.25) is 4.79 Å². The van der Waals surface area contributed by atoms with E-state index >= 15 is 0 Å². The van der Waals surface area contributed by atoms with E-state index in [1.165, 1.54) is 0 Å². The standard InChI is InChI=1S/C11H3ClF5NO/c12-4-2-18-1-3(11(4)19)5-6(13)8(15)10(17)9(16)7(5)14/h1-2H,(H,18,19). The van der Waals surface area contributed by atoms with E-state index in [-0.39, 0.29) is 0 Å². The molecule has 1 heterocycles. The summed E-state index contributed by atoms with van der Waals surface area (Å²) in [4.78, 5) is 13.8. The quantitative estimate of drug-likeness (QED) is 0.488. The van der Waals surface area contributed by atoms with Gasteiger partial charge in [0.1, 0.15) is 5.02 Å². The van der Waals surface area contributed by atoms with Crippen LogP contribution >= 0.6 is 11.6 Å². The lowest BCUT2D eigenvalue weighted by Gasteiger charge is -2.07. The molecular formula is C11H3ClF5NO. The maximum absolute atomic E-state index is 13.5. The smallest absolute Gasteiger partial charge is 0.208 e. The first-order valence-corrected chi connectivity index (χ1v) is 5.12. The van der Waals surface area contributed by atoms with Gasteiger partial charge in [-0.15, -0.1) is 0 Å². The number of halogens is 6. The maximum atomic E-state index is 13.5. The number of hydrogen-bond donors (Lipinski definition) is 1. The van der Waals surface area contributed by atoms with E-state index in [4.69, 9.17) is 11.6 Å². The third-order valence-corrected chi connectivity index (χ3v) is 2.66. The molecule has 100 valence electrons. The van der Waals surface area contributed by atoms with Crippen LogP contribution in [0.3, 0.4) is 0 Å². The molecule has 0 bridgehead atoms. The molecule has 0 radical (unpaired) electrons. The molecule has 0 spiro atoms. The van der Waals surface area contributed by atoms with Crippen LogP contribution in [0.25, 0.3) is 11.1 Å². The Hall–Kier alpha value is -1.89. The van der Waals surface area contributed by atoms with E-state index < -0.39 is 50.7 Å². The minimum Gasteiger partial charge on any atom is -0.366 e. The van der Waals surface area contributed by atoms with Crippen molar-refractivity contribution in [1.82, 2.24) is 4.98 Å². The van der Waals surface area contributed by atoms with Crippen LogP contribution in [-0.4, -0.2) is 4.98 Å². The number of aromatic nitrogens is 1. The minimum atomic E-state index is -2.29. The summed E-state index contributed by atoms with van der Waals surface area (Å²) in [6, 6.07) is 0. The minimum absolute atomic E-state index is 0.443. The molecule has 0 aliphatic carbocycles. The number of nitrogens with one attached hydrogen (secondary N) is 1. The Bertz CT molecular complexity index is 699. The summed E-state index contributed by atoms with van der Waals surface area (Å²) in [7, 11) is 0. The fourth-order valence-corrected chi connectivity index (χ4v) is 1.65. The Labute approximate surface area is 107 Å². The maximum Gasteiger partial charge on any atom is 0.208 e. The van der Waals surface area contributed by atoms with Crippen molar-refractivity contribution in [3.63, 3.8) is 0 Å². The van der Waals surface area contributed by atoms with E-state index in [2.05, 4.69) is 4.98 Å². The van der Waals surface area contributed by atoms with E-state index in [0.29, 0.717) is 0 Å². The molecule has 0 aliphatic rings. The predicted octanol–water partition coefficient (Wildman–Crippen LogP) is 3.39. The van der Waals surface area contributed by atoms with Crippen molar-refractivity contribution in [2.45, 2.75) is 0 Å². The average Bonchev–Trinajstić information content (AvgIpc) is 2.39. The fraction of sp³-hybridized carbons (Fsp3) is 0. The largest absolute Gasteiger partial charge is 0.366 e. The van der Waals surface area contributed by atoms with Crippen molar-refractivity contribution in [3.05, 3.63) is 56.7 Å². The molecule has 19 heavy (non-hydrogen) atoms. The van der Waals surface area contributed by atoms with Gasteiger partial charge in [0.05, 0.1) is 11.1 Å². The van der Waals surface area contributed by atoms with Gasteiger partial charge in [0.2, 0.25) is 11.2 Å². The highest BCUT2D eigenvalue weighted by atomic mass is 35.5. The Morgan fingerprint density at radius 1 is 0.842 bits per heavy atom. The van der Waals surface area contributed by atoms with Gasteiger partial charge >= 0.3 is 0 Å². The van der Waals surface area contributed by atoms with Crippen molar-refractivity contribution >= 4 is 11.6 Å². The van der Waals surface area contributed by atoms with Gasteiger partial charge in [-0.1, -0.05) is 11.6 Å². The summed E-state index contributed by atoms with van der Waals surface area (Å²) in [5.74, 6) is -10.7. The molecule has 0 unspecified atom stereocenters. The van der Waals surface area contributed by atoms with Crippen LogP contribution in [0.2, 0.25) is 5.02 Å². The third-order valence-electron chi connectivity index (χ3n) is 2.38. The van der Waals surface area contributed by atoms with Gasteiger partial charge in [0.15, 0.2) is 23.3 Å². The zero-order valence-electron chi connectivity index (χ0n) is 8.83. The number of H-pyrrole nitrogens is 1. The zero-order chi connectivity index (χ0) is 14.3. The number of hydrogen-bond acceptors (Lipinski definition) is 1. The highest BCUT2D eigenvalue weighted by Crippen LogP contribution is 2.29. The van der Waals surface area contributed by atoms with Crippen molar-refractivity contribution < 1.29 is 22.0 Å². The van der Waals surface area contributed by atoms with Crippen molar-refractivity contribution in [1.29, 1.82) is 0 Å². The van der Waals surface area contributed by atoms with Gasteiger partial charge < -0.3 is 4.98 Å². The molecular weight excluding hydrogens is 293 g/mol. The van der Waals surface area contributed by atoms with Crippen molar-refractivity contribution in [2.75, 3.05) is 0 Å². The summed E-state index contributed by atoms with van der Waals surface area (Å²) in [6.45, 7) is 0. The number of pyridine rings is 1. The molecule has 8 heteroatoms. The second kappa shape index (κ2) is 4.65. The van der Waals surface area contributed by atoms with Crippen LogP contribution in [0.15, 0.2) is 17.2 Å². The molecule has 0 saturated heterocycles. The lowest BCUT2D eigenvalue weighted by molar-refractivity contribution is 0.381.